The highest BCUT2D eigenvalue weighted by Crippen LogP contribution is 2.30. The fraction of sp³-hybridized carbons (Fsp3) is 0.682. The third-order valence-electron chi connectivity index (χ3n) is 5.26. The molecule has 1 fully saturated rings. The molecule has 1 aromatic carbocycles. The SMILES string of the molecule is COCC1(C(=O)NCc2ccc(C)cc2OC(C)CC(C)C)CCNCC1. The highest BCUT2D eigenvalue weighted by Gasteiger charge is 2.39. The summed E-state index contributed by atoms with van der Waals surface area (Å²) in [7, 11) is 1.67. The van der Waals surface area contributed by atoms with Crippen molar-refractivity contribution in [3.05, 3.63) is 29.3 Å². The fourth-order valence-electron chi connectivity index (χ4n) is 3.83. The molecule has 152 valence electrons. The Morgan fingerprint density at radius 3 is 2.59 bits per heavy atom. The number of carbonyl (C=O) groups excluding carboxylic acids is 1. The Morgan fingerprint density at radius 2 is 1.96 bits per heavy atom. The van der Waals surface area contributed by atoms with E-state index in [1.54, 1.807) is 7.11 Å². The first-order valence-electron chi connectivity index (χ1n) is 10.1. The smallest absolute Gasteiger partial charge is 0.228 e. The molecule has 0 radical (unpaired) electrons. The second-order valence-electron chi connectivity index (χ2n) is 8.32. The van der Waals surface area contributed by atoms with Crippen molar-refractivity contribution in [3.8, 4) is 5.75 Å². The Kier molecular flexibility index (Phi) is 8.11. The molecular formula is C22H36N2O3. The molecule has 1 aromatic rings. The maximum absolute atomic E-state index is 13.0. The maximum atomic E-state index is 13.0. The number of amides is 1. The molecule has 0 bridgehead atoms. The van der Waals surface area contributed by atoms with Crippen molar-refractivity contribution in [2.75, 3.05) is 26.8 Å². The van der Waals surface area contributed by atoms with Gasteiger partial charge < -0.3 is 20.1 Å². The van der Waals surface area contributed by atoms with Gasteiger partial charge in [0.25, 0.3) is 0 Å². The monoisotopic (exact) mass is 376 g/mol. The zero-order valence-corrected chi connectivity index (χ0v) is 17.6. The summed E-state index contributed by atoms with van der Waals surface area (Å²) in [6, 6.07) is 6.18. The van der Waals surface area contributed by atoms with E-state index in [0.717, 1.165) is 49.2 Å². The number of hydrogen-bond donors (Lipinski definition) is 2. The van der Waals surface area contributed by atoms with Crippen LogP contribution in [0.2, 0.25) is 0 Å². The maximum Gasteiger partial charge on any atom is 0.228 e. The van der Waals surface area contributed by atoms with Crippen LogP contribution >= 0.6 is 0 Å². The molecule has 27 heavy (non-hydrogen) atoms. The third kappa shape index (κ3) is 6.22. The van der Waals surface area contributed by atoms with Gasteiger partial charge in [0.05, 0.1) is 18.1 Å². The summed E-state index contributed by atoms with van der Waals surface area (Å²) in [5.41, 5.74) is 1.74. The Bertz CT molecular complexity index is 604. The molecule has 2 rings (SSSR count). The molecule has 1 saturated heterocycles. The van der Waals surface area contributed by atoms with Crippen LogP contribution in [-0.2, 0) is 16.1 Å². The van der Waals surface area contributed by atoms with E-state index in [2.05, 4.69) is 56.5 Å². The molecule has 1 unspecified atom stereocenters. The molecule has 1 heterocycles. The summed E-state index contributed by atoms with van der Waals surface area (Å²) in [4.78, 5) is 13.0. The first-order chi connectivity index (χ1) is 12.9. The highest BCUT2D eigenvalue weighted by molar-refractivity contribution is 5.83. The largest absolute Gasteiger partial charge is 0.490 e. The van der Waals surface area contributed by atoms with Crippen LogP contribution in [0.5, 0.6) is 5.75 Å². The summed E-state index contributed by atoms with van der Waals surface area (Å²) in [6.07, 6.45) is 2.75. The number of carbonyl (C=O) groups is 1. The van der Waals surface area contributed by atoms with Gasteiger partial charge in [0.2, 0.25) is 5.91 Å². The van der Waals surface area contributed by atoms with E-state index in [-0.39, 0.29) is 12.0 Å². The van der Waals surface area contributed by atoms with Crippen molar-refractivity contribution in [2.24, 2.45) is 11.3 Å². The number of ether oxygens (including phenoxy) is 2. The van der Waals surface area contributed by atoms with Gasteiger partial charge in [0, 0.05) is 19.2 Å². The quantitative estimate of drug-likeness (QED) is 0.693. The van der Waals surface area contributed by atoms with Crippen LogP contribution in [0.3, 0.4) is 0 Å². The molecule has 0 aromatic heterocycles. The summed E-state index contributed by atoms with van der Waals surface area (Å²) >= 11 is 0. The number of benzene rings is 1. The summed E-state index contributed by atoms with van der Waals surface area (Å²) in [6.45, 7) is 11.2. The van der Waals surface area contributed by atoms with Gasteiger partial charge in [-0.3, -0.25) is 4.79 Å². The van der Waals surface area contributed by atoms with Crippen molar-refractivity contribution in [1.82, 2.24) is 10.6 Å². The number of hydrogen-bond acceptors (Lipinski definition) is 4. The normalized spacial score (nSPS) is 17.6. The molecule has 1 aliphatic rings. The van der Waals surface area contributed by atoms with Crippen molar-refractivity contribution in [3.63, 3.8) is 0 Å². The minimum atomic E-state index is -0.434. The fourth-order valence-corrected chi connectivity index (χ4v) is 3.83. The first kappa shape index (κ1) is 21.7. The van der Waals surface area contributed by atoms with E-state index >= 15 is 0 Å². The van der Waals surface area contributed by atoms with E-state index in [1.165, 1.54) is 0 Å². The average molecular weight is 377 g/mol. The Morgan fingerprint density at radius 1 is 1.26 bits per heavy atom. The second kappa shape index (κ2) is 10.1. The predicted molar refractivity (Wildman–Crippen MR) is 109 cm³/mol. The van der Waals surface area contributed by atoms with Crippen LogP contribution in [0.1, 0.15) is 51.2 Å². The zero-order chi connectivity index (χ0) is 19.9. The molecule has 2 N–H and O–H groups in total. The summed E-state index contributed by atoms with van der Waals surface area (Å²) in [5, 5.41) is 6.46. The third-order valence-corrected chi connectivity index (χ3v) is 5.26. The minimum absolute atomic E-state index is 0.0765. The topological polar surface area (TPSA) is 59.6 Å². The minimum Gasteiger partial charge on any atom is -0.490 e. The molecule has 1 amide bonds. The standard InChI is InChI=1S/C22H36N2O3/c1-16(2)12-18(4)27-20-13-17(3)6-7-19(20)14-24-21(25)22(15-26-5)8-10-23-11-9-22/h6-7,13,16,18,23H,8-12,14-15H2,1-5H3,(H,24,25). The van der Waals surface area contributed by atoms with Gasteiger partial charge in [-0.2, -0.15) is 0 Å². The van der Waals surface area contributed by atoms with Crippen molar-refractivity contribution < 1.29 is 14.3 Å². The molecule has 1 atom stereocenters. The van der Waals surface area contributed by atoms with Gasteiger partial charge >= 0.3 is 0 Å². The second-order valence-corrected chi connectivity index (χ2v) is 8.32. The molecule has 0 aliphatic carbocycles. The van der Waals surface area contributed by atoms with Crippen LogP contribution in [0, 0.1) is 18.3 Å². The molecular weight excluding hydrogens is 340 g/mol. The molecule has 0 saturated carbocycles. The lowest BCUT2D eigenvalue weighted by Gasteiger charge is -2.35. The van der Waals surface area contributed by atoms with Crippen LogP contribution in [0.15, 0.2) is 18.2 Å². The van der Waals surface area contributed by atoms with E-state index in [4.69, 9.17) is 9.47 Å². The molecule has 1 aliphatic heterocycles. The van der Waals surface area contributed by atoms with Crippen LogP contribution < -0.4 is 15.4 Å². The Balaban J connectivity index is 2.06. The van der Waals surface area contributed by atoms with Gasteiger partial charge in [0.15, 0.2) is 0 Å². The number of nitrogens with one attached hydrogen (secondary N) is 2. The number of piperidine rings is 1. The number of rotatable bonds is 9. The summed E-state index contributed by atoms with van der Waals surface area (Å²) < 4.78 is 11.6. The van der Waals surface area contributed by atoms with Crippen LogP contribution in [0.4, 0.5) is 0 Å². The van der Waals surface area contributed by atoms with Crippen molar-refractivity contribution in [1.29, 1.82) is 0 Å². The summed E-state index contributed by atoms with van der Waals surface area (Å²) in [5.74, 6) is 1.53. The van der Waals surface area contributed by atoms with E-state index in [9.17, 15) is 4.79 Å². The zero-order valence-electron chi connectivity index (χ0n) is 17.6. The first-order valence-corrected chi connectivity index (χ1v) is 10.1. The van der Waals surface area contributed by atoms with Crippen molar-refractivity contribution >= 4 is 5.91 Å². The van der Waals surface area contributed by atoms with E-state index in [1.807, 2.05) is 0 Å². The van der Waals surface area contributed by atoms with Crippen LogP contribution in [0.25, 0.3) is 0 Å². The van der Waals surface area contributed by atoms with Crippen LogP contribution in [-0.4, -0.2) is 38.8 Å². The Labute approximate surface area is 164 Å². The lowest BCUT2D eigenvalue weighted by atomic mass is 9.78. The van der Waals surface area contributed by atoms with E-state index < -0.39 is 5.41 Å². The number of aryl methyl sites for hydroxylation is 1. The Hall–Kier alpha value is -1.59. The molecule has 5 nitrogen and oxygen atoms in total. The molecule has 5 heteroatoms. The van der Waals surface area contributed by atoms with Gasteiger partial charge in [-0.15, -0.1) is 0 Å². The predicted octanol–water partition coefficient (Wildman–Crippen LogP) is 3.44. The van der Waals surface area contributed by atoms with Crippen molar-refractivity contribution in [2.45, 2.75) is 59.6 Å². The van der Waals surface area contributed by atoms with Gasteiger partial charge in [-0.25, -0.2) is 0 Å². The van der Waals surface area contributed by atoms with Gasteiger partial charge in [-0.05, 0) is 63.7 Å². The van der Waals surface area contributed by atoms with E-state index in [0.29, 0.717) is 19.1 Å². The lowest BCUT2D eigenvalue weighted by Crippen LogP contribution is -2.50. The molecule has 0 spiro atoms. The lowest BCUT2D eigenvalue weighted by molar-refractivity contribution is -0.136. The van der Waals surface area contributed by atoms with Gasteiger partial charge in [-0.1, -0.05) is 26.0 Å². The number of methoxy groups -OCH3 is 1. The highest BCUT2D eigenvalue weighted by atomic mass is 16.5. The van der Waals surface area contributed by atoms with Gasteiger partial charge in [0.1, 0.15) is 5.75 Å². The average Bonchev–Trinajstić information content (AvgIpc) is 2.61.